The molecular formula is C12H19NO4. The van der Waals surface area contributed by atoms with Gasteiger partial charge in [0.05, 0.1) is 19.8 Å². The zero-order valence-electron chi connectivity index (χ0n) is 10.1. The summed E-state index contributed by atoms with van der Waals surface area (Å²) in [7, 11) is 1.46. The third-order valence-electron chi connectivity index (χ3n) is 2.52. The molecule has 4 N–H and O–H groups in total. The number of ether oxygens (including phenoxy) is 1. The number of benzene rings is 1. The first kappa shape index (κ1) is 13.8. The first-order valence-corrected chi connectivity index (χ1v) is 5.47. The van der Waals surface area contributed by atoms with E-state index in [0.717, 1.165) is 0 Å². The van der Waals surface area contributed by atoms with Gasteiger partial charge in [0.2, 0.25) is 0 Å². The molecule has 0 saturated heterocycles. The fraction of sp³-hybridized carbons (Fsp3) is 0.500. The smallest absolute Gasteiger partial charge is 0.160 e. The van der Waals surface area contributed by atoms with E-state index in [1.54, 1.807) is 12.1 Å². The second-order valence-corrected chi connectivity index (χ2v) is 3.94. The molecule has 0 aliphatic carbocycles. The number of aromatic hydroxyl groups is 1. The molecule has 17 heavy (non-hydrogen) atoms. The van der Waals surface area contributed by atoms with Gasteiger partial charge in [-0.15, -0.1) is 0 Å². The Hall–Kier alpha value is -1.30. The van der Waals surface area contributed by atoms with Gasteiger partial charge in [-0.25, -0.2) is 0 Å². The van der Waals surface area contributed by atoms with Crippen LogP contribution in [0.3, 0.4) is 0 Å². The zero-order chi connectivity index (χ0) is 12.8. The summed E-state index contributed by atoms with van der Waals surface area (Å²) in [4.78, 5) is 0. The highest BCUT2D eigenvalue weighted by atomic mass is 16.5. The molecule has 0 amide bonds. The Morgan fingerprint density at radius 3 is 2.71 bits per heavy atom. The Morgan fingerprint density at radius 1 is 1.41 bits per heavy atom. The van der Waals surface area contributed by atoms with Gasteiger partial charge in [-0.2, -0.15) is 0 Å². The number of phenols is 1. The quantitative estimate of drug-likeness (QED) is 0.580. The molecule has 0 heterocycles. The van der Waals surface area contributed by atoms with Gasteiger partial charge in [-0.3, -0.25) is 0 Å². The van der Waals surface area contributed by atoms with Crippen molar-refractivity contribution in [3.63, 3.8) is 0 Å². The lowest BCUT2D eigenvalue weighted by Gasteiger charge is -2.16. The Morgan fingerprint density at radius 2 is 2.12 bits per heavy atom. The summed E-state index contributed by atoms with van der Waals surface area (Å²) in [6, 6.07) is 4.63. The van der Waals surface area contributed by atoms with Gasteiger partial charge < -0.3 is 25.4 Å². The Bertz CT molecular complexity index is 356. The fourth-order valence-corrected chi connectivity index (χ4v) is 1.40. The van der Waals surface area contributed by atoms with E-state index >= 15 is 0 Å². The summed E-state index contributed by atoms with van der Waals surface area (Å²) in [5.41, 5.74) is 0.650. The molecular weight excluding hydrogens is 222 g/mol. The van der Waals surface area contributed by atoms with Crippen molar-refractivity contribution in [1.82, 2.24) is 5.32 Å². The molecule has 0 radical (unpaired) electrons. The van der Waals surface area contributed by atoms with Crippen LogP contribution in [0, 0.1) is 0 Å². The monoisotopic (exact) mass is 241 g/mol. The van der Waals surface area contributed by atoms with Gasteiger partial charge in [0.1, 0.15) is 0 Å². The topological polar surface area (TPSA) is 82.0 Å². The summed E-state index contributed by atoms with van der Waals surface area (Å²) >= 11 is 0. The summed E-state index contributed by atoms with van der Waals surface area (Å²) < 4.78 is 4.96. The molecule has 0 bridgehead atoms. The van der Waals surface area contributed by atoms with Crippen LogP contribution in [0.2, 0.25) is 0 Å². The largest absolute Gasteiger partial charge is 0.504 e. The maximum Gasteiger partial charge on any atom is 0.160 e. The number of hydrogen-bond acceptors (Lipinski definition) is 5. The average Bonchev–Trinajstić information content (AvgIpc) is 2.35. The van der Waals surface area contributed by atoms with Gasteiger partial charge >= 0.3 is 0 Å². The fourth-order valence-electron chi connectivity index (χ4n) is 1.40. The normalized spacial score (nSPS) is 14.4. The van der Waals surface area contributed by atoms with E-state index in [0.29, 0.717) is 17.9 Å². The van der Waals surface area contributed by atoms with Crippen LogP contribution in [-0.4, -0.2) is 41.6 Å². The summed E-state index contributed by atoms with van der Waals surface area (Å²) in [5, 5.41) is 31.1. The lowest BCUT2D eigenvalue weighted by atomic mass is 10.1. The molecule has 0 aromatic heterocycles. The third-order valence-corrected chi connectivity index (χ3v) is 2.52. The predicted molar refractivity (Wildman–Crippen MR) is 64.2 cm³/mol. The maximum atomic E-state index is 9.89. The Labute approximate surface area is 101 Å². The van der Waals surface area contributed by atoms with Crippen LogP contribution in [0.5, 0.6) is 11.5 Å². The first-order chi connectivity index (χ1) is 8.08. The van der Waals surface area contributed by atoms with Crippen molar-refractivity contribution in [3.05, 3.63) is 23.8 Å². The third kappa shape index (κ3) is 3.89. The maximum absolute atomic E-state index is 9.89. The minimum atomic E-state index is -0.710. The molecule has 2 unspecified atom stereocenters. The molecule has 0 saturated carbocycles. The van der Waals surface area contributed by atoms with Crippen molar-refractivity contribution in [2.45, 2.75) is 19.1 Å². The number of hydrogen-bond donors (Lipinski definition) is 4. The number of rotatable bonds is 6. The number of aliphatic hydroxyl groups excluding tert-OH is 2. The SMILES string of the molecule is COc1cc(C(O)CNC(C)CO)ccc1O. The number of aliphatic hydroxyl groups is 2. The second kappa shape index (κ2) is 6.44. The van der Waals surface area contributed by atoms with E-state index in [-0.39, 0.29) is 18.4 Å². The van der Waals surface area contributed by atoms with Gasteiger partial charge in [-0.1, -0.05) is 6.07 Å². The highest BCUT2D eigenvalue weighted by Gasteiger charge is 2.11. The van der Waals surface area contributed by atoms with Crippen LogP contribution in [0.25, 0.3) is 0 Å². The number of phenolic OH excluding ortho intramolecular Hbond substituents is 1. The van der Waals surface area contributed by atoms with Crippen molar-refractivity contribution in [3.8, 4) is 11.5 Å². The lowest BCUT2D eigenvalue weighted by molar-refractivity contribution is 0.161. The molecule has 1 rings (SSSR count). The van der Waals surface area contributed by atoms with E-state index in [9.17, 15) is 10.2 Å². The van der Waals surface area contributed by atoms with Crippen molar-refractivity contribution in [2.24, 2.45) is 0 Å². The van der Waals surface area contributed by atoms with Crippen LogP contribution in [0.15, 0.2) is 18.2 Å². The Balaban J connectivity index is 2.65. The molecule has 96 valence electrons. The molecule has 1 aromatic carbocycles. The minimum absolute atomic E-state index is 0.0195. The first-order valence-electron chi connectivity index (χ1n) is 5.47. The predicted octanol–water partition coefficient (Wildman–Crippen LogP) is 0.405. The van der Waals surface area contributed by atoms with Crippen LogP contribution < -0.4 is 10.1 Å². The molecule has 5 nitrogen and oxygen atoms in total. The van der Waals surface area contributed by atoms with Gasteiger partial charge in [0.15, 0.2) is 11.5 Å². The van der Waals surface area contributed by atoms with E-state index in [2.05, 4.69) is 5.32 Å². The molecule has 0 fully saturated rings. The number of methoxy groups -OCH3 is 1. The van der Waals surface area contributed by atoms with Gasteiger partial charge in [0, 0.05) is 12.6 Å². The molecule has 2 atom stereocenters. The van der Waals surface area contributed by atoms with E-state index in [4.69, 9.17) is 9.84 Å². The van der Waals surface area contributed by atoms with Crippen LogP contribution in [0.1, 0.15) is 18.6 Å². The van der Waals surface area contributed by atoms with E-state index in [1.807, 2.05) is 6.92 Å². The summed E-state index contributed by atoms with van der Waals surface area (Å²) in [6.07, 6.45) is -0.710. The average molecular weight is 241 g/mol. The highest BCUT2D eigenvalue weighted by Crippen LogP contribution is 2.28. The molecule has 1 aromatic rings. The van der Waals surface area contributed by atoms with E-state index < -0.39 is 6.10 Å². The van der Waals surface area contributed by atoms with Gasteiger partial charge in [-0.05, 0) is 24.6 Å². The summed E-state index contributed by atoms with van der Waals surface area (Å²) in [6.45, 7) is 2.17. The van der Waals surface area contributed by atoms with Gasteiger partial charge in [0.25, 0.3) is 0 Å². The van der Waals surface area contributed by atoms with E-state index in [1.165, 1.54) is 13.2 Å². The van der Waals surface area contributed by atoms with Crippen molar-refractivity contribution in [2.75, 3.05) is 20.3 Å². The van der Waals surface area contributed by atoms with Crippen LogP contribution >= 0.6 is 0 Å². The molecule has 0 aliphatic heterocycles. The van der Waals surface area contributed by atoms with Crippen molar-refractivity contribution in [1.29, 1.82) is 0 Å². The van der Waals surface area contributed by atoms with Crippen molar-refractivity contribution >= 4 is 0 Å². The standard InChI is InChI=1S/C12H19NO4/c1-8(7-14)13-6-11(16)9-3-4-10(15)12(5-9)17-2/h3-5,8,11,13-16H,6-7H2,1-2H3. The molecule has 5 heteroatoms. The lowest BCUT2D eigenvalue weighted by Crippen LogP contribution is -2.32. The van der Waals surface area contributed by atoms with Crippen LogP contribution in [-0.2, 0) is 0 Å². The molecule has 0 spiro atoms. The zero-order valence-corrected chi connectivity index (χ0v) is 10.1. The Kier molecular flexibility index (Phi) is 5.21. The summed E-state index contributed by atoms with van der Waals surface area (Å²) in [5.74, 6) is 0.372. The van der Waals surface area contributed by atoms with Crippen molar-refractivity contribution < 1.29 is 20.1 Å². The molecule has 0 aliphatic rings. The highest BCUT2D eigenvalue weighted by molar-refractivity contribution is 5.42. The minimum Gasteiger partial charge on any atom is -0.504 e. The number of nitrogens with one attached hydrogen (secondary N) is 1. The van der Waals surface area contributed by atoms with Crippen LogP contribution in [0.4, 0.5) is 0 Å². The second-order valence-electron chi connectivity index (χ2n) is 3.94.